The molecular weight excluding hydrogens is 534 g/mol. The van der Waals surface area contributed by atoms with Gasteiger partial charge < -0.3 is 24.4 Å². The number of benzene rings is 2. The monoisotopic (exact) mass is 567 g/mol. The van der Waals surface area contributed by atoms with E-state index in [0.29, 0.717) is 59.2 Å². The van der Waals surface area contributed by atoms with Crippen LogP contribution in [0.3, 0.4) is 0 Å². The lowest BCUT2D eigenvalue weighted by molar-refractivity contribution is -0.0479. The molecule has 5 rings (SSSR count). The number of ether oxygens (including phenoxy) is 3. The highest BCUT2D eigenvalue weighted by atomic mass is 35.5. The predicted octanol–water partition coefficient (Wildman–Crippen LogP) is 6.32. The Bertz CT molecular complexity index is 1480. The maximum atomic E-state index is 13.3. The number of carbonyl (C=O) groups is 2. The third-order valence-electron chi connectivity index (χ3n) is 7.53. The van der Waals surface area contributed by atoms with Crippen LogP contribution in [0.25, 0.3) is 10.9 Å². The van der Waals surface area contributed by atoms with Gasteiger partial charge >= 0.3 is 12.2 Å². The van der Waals surface area contributed by atoms with Gasteiger partial charge in [-0.2, -0.15) is 0 Å². The first-order chi connectivity index (χ1) is 18.9. The van der Waals surface area contributed by atoms with Crippen LogP contribution in [0.5, 0.6) is 5.75 Å². The number of amides is 2. The Labute approximate surface area is 238 Å². The number of likely N-dealkylation sites (tertiary alicyclic amines) is 1. The molecule has 2 fully saturated rings. The van der Waals surface area contributed by atoms with Crippen molar-refractivity contribution in [1.82, 2.24) is 14.9 Å². The minimum Gasteiger partial charge on any atom is -0.494 e. The molecule has 1 aromatic heterocycles. The average molecular weight is 568 g/mol. The van der Waals surface area contributed by atoms with Crippen molar-refractivity contribution in [3.63, 3.8) is 0 Å². The van der Waals surface area contributed by atoms with Crippen LogP contribution >= 0.6 is 11.6 Å². The topological polar surface area (TPSA) is 106 Å². The highest BCUT2D eigenvalue weighted by Crippen LogP contribution is 2.43. The summed E-state index contributed by atoms with van der Waals surface area (Å²) in [4.78, 5) is 38.2. The molecule has 2 saturated heterocycles. The van der Waals surface area contributed by atoms with Crippen molar-refractivity contribution < 1.29 is 23.8 Å². The number of hydrogen-bond acceptors (Lipinski definition) is 8. The number of anilines is 3. The van der Waals surface area contributed by atoms with Crippen molar-refractivity contribution >= 4 is 51.9 Å². The van der Waals surface area contributed by atoms with Crippen molar-refractivity contribution in [2.24, 2.45) is 5.92 Å². The van der Waals surface area contributed by atoms with Crippen molar-refractivity contribution in [1.29, 1.82) is 0 Å². The Hall–Kier alpha value is -3.79. The van der Waals surface area contributed by atoms with E-state index in [1.807, 2.05) is 58.9 Å². The molecule has 40 heavy (non-hydrogen) atoms. The number of fused-ring (bicyclic) bond motifs is 1. The molecule has 2 unspecified atom stereocenters. The molecular formula is C29H34ClN5O5. The lowest BCUT2D eigenvalue weighted by atomic mass is 9.82. The molecule has 3 heterocycles. The van der Waals surface area contributed by atoms with E-state index >= 15 is 0 Å². The van der Waals surface area contributed by atoms with Gasteiger partial charge in [0.05, 0.1) is 24.9 Å². The Morgan fingerprint density at radius 1 is 1.25 bits per heavy atom. The summed E-state index contributed by atoms with van der Waals surface area (Å²) in [5.41, 5.74) is 1.58. The maximum Gasteiger partial charge on any atom is 0.415 e. The molecule has 2 aliphatic rings. The van der Waals surface area contributed by atoms with Gasteiger partial charge in [-0.15, -0.1) is 0 Å². The van der Waals surface area contributed by atoms with E-state index in [1.165, 1.54) is 6.33 Å². The van der Waals surface area contributed by atoms with Gasteiger partial charge in [-0.25, -0.2) is 19.6 Å². The first kappa shape index (κ1) is 27.8. The average Bonchev–Trinajstić information content (AvgIpc) is 3.23. The highest BCUT2D eigenvalue weighted by Gasteiger charge is 2.53. The lowest BCUT2D eigenvalue weighted by Crippen LogP contribution is -2.55. The molecule has 1 N–H and O–H groups in total. The number of carbonyl (C=O) groups excluding carboxylic acids is 2. The Morgan fingerprint density at radius 2 is 2.02 bits per heavy atom. The molecule has 2 atom stereocenters. The van der Waals surface area contributed by atoms with Gasteiger partial charge in [0, 0.05) is 47.6 Å². The predicted molar refractivity (Wildman–Crippen MR) is 154 cm³/mol. The zero-order valence-corrected chi connectivity index (χ0v) is 24.3. The third kappa shape index (κ3) is 5.20. The fraction of sp³-hybridized carbons (Fsp3) is 0.448. The molecule has 2 aliphatic heterocycles. The molecule has 2 aromatic carbocycles. The second-order valence-electron chi connectivity index (χ2n) is 11.4. The summed E-state index contributed by atoms with van der Waals surface area (Å²) in [5.74, 6) is 0.949. The van der Waals surface area contributed by atoms with E-state index < -0.39 is 17.3 Å². The van der Waals surface area contributed by atoms with Crippen LogP contribution < -0.4 is 15.0 Å². The van der Waals surface area contributed by atoms with E-state index in [9.17, 15) is 9.59 Å². The maximum absolute atomic E-state index is 13.3. The van der Waals surface area contributed by atoms with Gasteiger partial charge in [0.1, 0.15) is 29.1 Å². The van der Waals surface area contributed by atoms with Gasteiger partial charge in [0.25, 0.3) is 0 Å². The number of methoxy groups -OCH3 is 1. The number of piperidine rings is 1. The van der Waals surface area contributed by atoms with E-state index in [4.69, 9.17) is 25.8 Å². The lowest BCUT2D eigenvalue weighted by Gasteiger charge is -2.42. The second-order valence-corrected chi connectivity index (χ2v) is 11.8. The zero-order valence-electron chi connectivity index (χ0n) is 23.6. The number of rotatable bonds is 4. The summed E-state index contributed by atoms with van der Waals surface area (Å²) in [5, 5.41) is 4.71. The van der Waals surface area contributed by atoms with Crippen LogP contribution in [0.2, 0.25) is 5.02 Å². The first-order valence-corrected chi connectivity index (χ1v) is 13.6. The standard InChI is InChI=1S/C29H34ClN5O5/c1-17-14-34(26(36)39-28(3,4)5)11-10-29(17)15-35(27(37)40-29)23-12-19-22(13-24(23)38-6)31-16-32-25(19)33-21-9-7-8-20(30)18(21)2/h7-9,12-13,16-17H,10-11,14-15H2,1-6H3,(H,31,32,33). The summed E-state index contributed by atoms with van der Waals surface area (Å²) < 4.78 is 17.3. The van der Waals surface area contributed by atoms with Crippen molar-refractivity contribution in [2.45, 2.75) is 52.2 Å². The van der Waals surface area contributed by atoms with Gasteiger partial charge in [-0.1, -0.05) is 24.6 Å². The van der Waals surface area contributed by atoms with Crippen LogP contribution in [0.4, 0.5) is 26.8 Å². The number of nitrogens with one attached hydrogen (secondary N) is 1. The molecule has 3 aromatic rings. The minimum absolute atomic E-state index is 0.111. The summed E-state index contributed by atoms with van der Waals surface area (Å²) in [6.45, 7) is 10.6. The number of nitrogens with zero attached hydrogens (tertiary/aromatic N) is 4. The van der Waals surface area contributed by atoms with Crippen LogP contribution in [-0.4, -0.2) is 65.0 Å². The molecule has 1 spiro atoms. The molecule has 212 valence electrons. The smallest absolute Gasteiger partial charge is 0.415 e. The van der Waals surface area contributed by atoms with Crippen LogP contribution in [0.1, 0.15) is 39.7 Å². The SMILES string of the molecule is COc1cc2ncnc(Nc3cccc(Cl)c3C)c2cc1N1CC2(CCN(C(=O)OC(C)(C)C)CC2C)OC1=O. The number of aromatic nitrogens is 2. The minimum atomic E-state index is -0.748. The van der Waals surface area contributed by atoms with Crippen molar-refractivity contribution in [3.05, 3.63) is 47.2 Å². The Kier molecular flexibility index (Phi) is 7.16. The number of hydrogen-bond donors (Lipinski definition) is 1. The Morgan fingerprint density at radius 3 is 2.73 bits per heavy atom. The van der Waals surface area contributed by atoms with Gasteiger partial charge in [0.2, 0.25) is 0 Å². The quantitative estimate of drug-likeness (QED) is 0.390. The number of halogens is 1. The van der Waals surface area contributed by atoms with E-state index in [0.717, 1.165) is 11.3 Å². The second kappa shape index (κ2) is 10.3. The molecule has 0 radical (unpaired) electrons. The first-order valence-electron chi connectivity index (χ1n) is 13.2. The molecule has 0 bridgehead atoms. The summed E-state index contributed by atoms with van der Waals surface area (Å²) in [7, 11) is 1.56. The van der Waals surface area contributed by atoms with Gasteiger partial charge in [-0.3, -0.25) is 4.90 Å². The van der Waals surface area contributed by atoms with E-state index in [-0.39, 0.29) is 12.0 Å². The van der Waals surface area contributed by atoms with E-state index in [2.05, 4.69) is 15.3 Å². The van der Waals surface area contributed by atoms with E-state index in [1.54, 1.807) is 23.0 Å². The van der Waals surface area contributed by atoms with Crippen LogP contribution in [0.15, 0.2) is 36.7 Å². The summed E-state index contributed by atoms with van der Waals surface area (Å²) in [6.07, 6.45) is 1.15. The fourth-order valence-corrected chi connectivity index (χ4v) is 5.41. The Balaban J connectivity index is 1.44. The molecule has 0 aliphatic carbocycles. The summed E-state index contributed by atoms with van der Waals surface area (Å²) >= 11 is 6.33. The molecule has 0 saturated carbocycles. The van der Waals surface area contributed by atoms with Gasteiger partial charge in [-0.05, 0) is 51.5 Å². The van der Waals surface area contributed by atoms with Crippen LogP contribution in [0, 0.1) is 12.8 Å². The third-order valence-corrected chi connectivity index (χ3v) is 7.94. The molecule has 10 nitrogen and oxygen atoms in total. The fourth-order valence-electron chi connectivity index (χ4n) is 5.23. The normalized spacial score (nSPS) is 21.1. The van der Waals surface area contributed by atoms with Crippen molar-refractivity contribution in [2.75, 3.05) is 37.0 Å². The summed E-state index contributed by atoms with van der Waals surface area (Å²) in [6, 6.07) is 9.25. The molecule has 11 heteroatoms. The molecule has 2 amide bonds. The van der Waals surface area contributed by atoms with Crippen molar-refractivity contribution in [3.8, 4) is 5.75 Å². The largest absolute Gasteiger partial charge is 0.494 e. The van der Waals surface area contributed by atoms with Gasteiger partial charge in [0.15, 0.2) is 0 Å². The highest BCUT2D eigenvalue weighted by molar-refractivity contribution is 6.31. The van der Waals surface area contributed by atoms with Crippen LogP contribution in [-0.2, 0) is 9.47 Å². The zero-order chi connectivity index (χ0) is 28.8.